The van der Waals surface area contributed by atoms with E-state index in [1.807, 2.05) is 55.5 Å². The van der Waals surface area contributed by atoms with Crippen molar-refractivity contribution in [2.45, 2.75) is 43.3 Å². The largest absolute Gasteiger partial charge is 0.451 e. The fraction of sp³-hybridized carbons (Fsp3) is 0.280. The van der Waals surface area contributed by atoms with Gasteiger partial charge in [-0.1, -0.05) is 73.7 Å². The monoisotopic (exact) mass is 491 g/mol. The van der Waals surface area contributed by atoms with Crippen LogP contribution in [0.25, 0.3) is 22.0 Å². The molecule has 3 heterocycles. The number of hydrogen-bond donors (Lipinski definition) is 2. The van der Waals surface area contributed by atoms with E-state index in [2.05, 4.69) is 34.3 Å². The predicted octanol–water partition coefficient (Wildman–Crippen LogP) is 6.28. The van der Waals surface area contributed by atoms with E-state index in [1.165, 1.54) is 0 Å². The number of aromatic amines is 1. The summed E-state index contributed by atoms with van der Waals surface area (Å²) in [5, 5.41) is 13.3. The average Bonchev–Trinajstić information content (AvgIpc) is 3.56. The summed E-state index contributed by atoms with van der Waals surface area (Å²) in [5.41, 5.74) is 3.39. The maximum atomic E-state index is 13.6. The maximum Gasteiger partial charge on any atom is 0.287 e. The number of para-hydroxylation sites is 3. The number of rotatable bonds is 8. The van der Waals surface area contributed by atoms with Crippen LogP contribution in [-0.2, 0) is 5.75 Å². The highest BCUT2D eigenvalue weighted by Gasteiger charge is 2.28. The van der Waals surface area contributed by atoms with Crippen LogP contribution in [0.2, 0.25) is 0 Å². The van der Waals surface area contributed by atoms with Crippen LogP contribution in [0.3, 0.4) is 0 Å². The molecule has 34 heavy (non-hydrogen) atoms. The summed E-state index contributed by atoms with van der Waals surface area (Å²) in [6, 6.07) is 15.4. The molecular formula is C25H25N5O2S2. The number of nitrogens with zero attached hydrogens (tertiary/aromatic N) is 3. The van der Waals surface area contributed by atoms with Gasteiger partial charge in [0, 0.05) is 16.7 Å². The number of nitrogens with one attached hydrogen (secondary N) is 2. The molecule has 0 saturated carbocycles. The number of carbonyl (C=O) groups excluding carboxylic acids is 1. The minimum atomic E-state index is -0.274. The van der Waals surface area contributed by atoms with Crippen molar-refractivity contribution >= 4 is 51.0 Å². The lowest BCUT2D eigenvalue weighted by atomic mass is 9.98. The molecule has 2 atom stereocenters. The summed E-state index contributed by atoms with van der Waals surface area (Å²) >= 11 is 3.10. The van der Waals surface area contributed by atoms with Crippen LogP contribution in [0.4, 0.5) is 0 Å². The SMILES string of the molecule is CCC(C)C(NC(=O)c1oc2ccccc2c1CSc1nnc(C)s1)c1nc2ccccc2[nH]1. The highest BCUT2D eigenvalue weighted by molar-refractivity contribution is 8.00. The van der Waals surface area contributed by atoms with E-state index in [0.717, 1.165) is 43.6 Å². The van der Waals surface area contributed by atoms with Gasteiger partial charge in [0.05, 0.1) is 17.1 Å². The summed E-state index contributed by atoms with van der Waals surface area (Å²) in [5.74, 6) is 1.58. The number of aromatic nitrogens is 4. The van der Waals surface area contributed by atoms with Gasteiger partial charge in [0.2, 0.25) is 0 Å². The average molecular weight is 492 g/mol. The Kier molecular flexibility index (Phi) is 6.38. The summed E-state index contributed by atoms with van der Waals surface area (Å²) in [6.45, 7) is 6.16. The Morgan fingerprint density at radius 1 is 1.18 bits per heavy atom. The first-order valence-corrected chi connectivity index (χ1v) is 13.0. The highest BCUT2D eigenvalue weighted by Crippen LogP contribution is 2.34. The standard InChI is InChI=1S/C25H25N5O2S2/c1-4-14(2)21(23-26-18-10-6-7-11-19(18)27-23)28-24(31)22-17(13-33-25-30-29-15(3)34-25)16-9-5-8-12-20(16)32-22/h5-12,14,21H,4,13H2,1-3H3,(H,26,27)(H,28,31). The van der Waals surface area contributed by atoms with E-state index < -0.39 is 0 Å². The van der Waals surface area contributed by atoms with Gasteiger partial charge in [-0.3, -0.25) is 4.79 Å². The van der Waals surface area contributed by atoms with Crippen LogP contribution in [0.1, 0.15) is 53.3 Å². The van der Waals surface area contributed by atoms with Crippen LogP contribution in [0, 0.1) is 12.8 Å². The molecule has 0 bridgehead atoms. The van der Waals surface area contributed by atoms with Crippen LogP contribution in [-0.4, -0.2) is 26.1 Å². The third-order valence-electron chi connectivity index (χ3n) is 5.95. The number of fused-ring (bicyclic) bond motifs is 2. The zero-order chi connectivity index (χ0) is 23.7. The van der Waals surface area contributed by atoms with Crippen molar-refractivity contribution < 1.29 is 9.21 Å². The zero-order valence-corrected chi connectivity index (χ0v) is 20.8. The van der Waals surface area contributed by atoms with Crippen molar-refractivity contribution in [2.24, 2.45) is 5.92 Å². The van der Waals surface area contributed by atoms with Gasteiger partial charge in [0.25, 0.3) is 5.91 Å². The number of aryl methyl sites for hydroxylation is 1. The summed E-state index contributed by atoms with van der Waals surface area (Å²) in [7, 11) is 0. The number of imidazole rings is 1. The third kappa shape index (κ3) is 4.45. The zero-order valence-electron chi connectivity index (χ0n) is 19.2. The quantitative estimate of drug-likeness (QED) is 0.248. The molecule has 0 saturated heterocycles. The van der Waals surface area contributed by atoms with Gasteiger partial charge in [-0.2, -0.15) is 0 Å². The number of hydrogen-bond acceptors (Lipinski definition) is 7. The molecule has 0 aliphatic carbocycles. The van der Waals surface area contributed by atoms with E-state index in [9.17, 15) is 4.79 Å². The van der Waals surface area contributed by atoms with Crippen LogP contribution in [0.5, 0.6) is 0 Å². The van der Waals surface area contributed by atoms with Gasteiger partial charge < -0.3 is 14.7 Å². The Morgan fingerprint density at radius 3 is 2.74 bits per heavy atom. The maximum absolute atomic E-state index is 13.6. The van der Waals surface area contributed by atoms with Crippen molar-refractivity contribution in [2.75, 3.05) is 0 Å². The second-order valence-corrected chi connectivity index (χ2v) is 10.7. The minimum absolute atomic E-state index is 0.177. The fourth-order valence-electron chi connectivity index (χ4n) is 3.94. The lowest BCUT2D eigenvalue weighted by molar-refractivity contribution is 0.0893. The Balaban J connectivity index is 1.47. The summed E-state index contributed by atoms with van der Waals surface area (Å²) < 4.78 is 6.94. The normalized spacial score (nSPS) is 13.4. The van der Waals surface area contributed by atoms with Gasteiger partial charge in [0.1, 0.15) is 16.4 Å². The molecule has 5 aromatic rings. The van der Waals surface area contributed by atoms with Crippen molar-refractivity contribution in [1.82, 2.24) is 25.5 Å². The molecule has 0 aliphatic rings. The molecule has 5 rings (SSSR count). The van der Waals surface area contributed by atoms with E-state index in [0.29, 0.717) is 17.1 Å². The number of thioether (sulfide) groups is 1. The second kappa shape index (κ2) is 9.60. The predicted molar refractivity (Wildman–Crippen MR) is 136 cm³/mol. The number of amides is 1. The molecular weight excluding hydrogens is 466 g/mol. The van der Waals surface area contributed by atoms with Gasteiger partial charge in [-0.15, -0.1) is 10.2 Å². The molecule has 0 fully saturated rings. The van der Waals surface area contributed by atoms with Crippen molar-refractivity contribution in [3.05, 3.63) is 70.7 Å². The highest BCUT2D eigenvalue weighted by atomic mass is 32.2. The number of H-pyrrole nitrogens is 1. The van der Waals surface area contributed by atoms with Crippen molar-refractivity contribution in [3.8, 4) is 0 Å². The van der Waals surface area contributed by atoms with Crippen LogP contribution in [0.15, 0.2) is 57.3 Å². The fourth-order valence-corrected chi connectivity index (χ4v) is 5.78. The van der Waals surface area contributed by atoms with Crippen LogP contribution >= 0.6 is 23.1 Å². The number of carbonyl (C=O) groups is 1. The number of furan rings is 1. The topological polar surface area (TPSA) is 96.7 Å². The first-order chi connectivity index (χ1) is 16.5. The molecule has 0 radical (unpaired) electrons. The molecule has 0 spiro atoms. The Labute approximate surface area is 205 Å². The summed E-state index contributed by atoms with van der Waals surface area (Å²) in [6.07, 6.45) is 0.890. The van der Waals surface area contributed by atoms with Crippen molar-refractivity contribution in [3.63, 3.8) is 0 Å². The molecule has 2 unspecified atom stereocenters. The molecule has 0 aliphatic heterocycles. The first kappa shape index (κ1) is 22.6. The van der Waals surface area contributed by atoms with Gasteiger partial charge >= 0.3 is 0 Å². The molecule has 2 aromatic carbocycles. The Hall–Kier alpha value is -3.17. The lowest BCUT2D eigenvalue weighted by Gasteiger charge is -2.22. The molecule has 2 N–H and O–H groups in total. The second-order valence-electron chi connectivity index (χ2n) is 8.26. The van der Waals surface area contributed by atoms with E-state index in [1.54, 1.807) is 23.1 Å². The molecule has 174 valence electrons. The summed E-state index contributed by atoms with van der Waals surface area (Å²) in [4.78, 5) is 21.7. The molecule has 9 heteroatoms. The van der Waals surface area contributed by atoms with Gasteiger partial charge in [-0.25, -0.2) is 4.98 Å². The Bertz CT molecular complexity index is 1420. The van der Waals surface area contributed by atoms with E-state index in [-0.39, 0.29) is 17.9 Å². The smallest absolute Gasteiger partial charge is 0.287 e. The molecule has 3 aromatic heterocycles. The molecule has 7 nitrogen and oxygen atoms in total. The molecule has 1 amide bonds. The first-order valence-electron chi connectivity index (χ1n) is 11.2. The minimum Gasteiger partial charge on any atom is -0.451 e. The van der Waals surface area contributed by atoms with E-state index >= 15 is 0 Å². The van der Waals surface area contributed by atoms with Crippen LogP contribution < -0.4 is 5.32 Å². The Morgan fingerprint density at radius 2 is 1.97 bits per heavy atom. The third-order valence-corrected chi connectivity index (χ3v) is 7.95. The number of benzene rings is 2. The van der Waals surface area contributed by atoms with Gasteiger partial charge in [0.15, 0.2) is 10.1 Å². The van der Waals surface area contributed by atoms with E-state index in [4.69, 9.17) is 9.40 Å². The lowest BCUT2D eigenvalue weighted by Crippen LogP contribution is -2.33. The van der Waals surface area contributed by atoms with Crippen molar-refractivity contribution in [1.29, 1.82) is 0 Å². The van der Waals surface area contributed by atoms with Gasteiger partial charge in [-0.05, 0) is 31.0 Å².